The molecule has 150 valence electrons. The Kier molecular flexibility index (Phi) is 4.70. The van der Waals surface area contributed by atoms with Crippen molar-refractivity contribution in [2.45, 2.75) is 37.3 Å². The minimum absolute atomic E-state index is 0.0668. The normalized spacial score (nSPS) is 24.1. The SMILES string of the molecule is NC1=N[C@]2(CC(=O)N1C1CCOCC1)Cc1c(Nc3ccnc(I)c3)cccc12. The lowest BCUT2D eigenvalue weighted by Gasteiger charge is -2.47. The molecular weight excluding hydrogens is 481 g/mol. The van der Waals surface area contributed by atoms with Crippen LogP contribution in [0.3, 0.4) is 0 Å². The van der Waals surface area contributed by atoms with Crippen molar-refractivity contribution in [3.05, 3.63) is 51.4 Å². The number of hydrogen-bond acceptors (Lipinski definition) is 6. The maximum absolute atomic E-state index is 13.0. The van der Waals surface area contributed by atoms with Crippen molar-refractivity contribution in [1.82, 2.24) is 9.88 Å². The minimum Gasteiger partial charge on any atom is -0.381 e. The highest BCUT2D eigenvalue weighted by Gasteiger charge is 2.50. The zero-order valence-electron chi connectivity index (χ0n) is 15.9. The molecule has 1 fully saturated rings. The Morgan fingerprint density at radius 3 is 2.83 bits per heavy atom. The molecule has 3 aliphatic rings. The lowest BCUT2D eigenvalue weighted by Crippen LogP contribution is -2.58. The molecule has 7 nitrogen and oxygen atoms in total. The van der Waals surface area contributed by atoms with Gasteiger partial charge in [-0.15, -0.1) is 0 Å². The molecule has 2 aromatic rings. The van der Waals surface area contributed by atoms with Gasteiger partial charge in [0.1, 0.15) is 9.24 Å². The fourth-order valence-electron chi connectivity index (χ4n) is 4.61. The first-order valence-corrected chi connectivity index (χ1v) is 10.9. The Bertz CT molecular complexity index is 1000. The monoisotopic (exact) mass is 503 g/mol. The number of nitrogens with one attached hydrogen (secondary N) is 1. The molecule has 1 aromatic carbocycles. The molecule has 0 bridgehead atoms. The van der Waals surface area contributed by atoms with Crippen LogP contribution in [-0.2, 0) is 21.5 Å². The number of halogens is 1. The van der Waals surface area contributed by atoms with Crippen molar-refractivity contribution in [1.29, 1.82) is 0 Å². The molecule has 1 atom stereocenters. The minimum atomic E-state index is -0.525. The highest BCUT2D eigenvalue weighted by molar-refractivity contribution is 14.1. The number of ether oxygens (including phenoxy) is 1. The number of aromatic nitrogens is 1. The fourth-order valence-corrected chi connectivity index (χ4v) is 5.11. The maximum Gasteiger partial charge on any atom is 0.232 e. The van der Waals surface area contributed by atoms with E-state index in [0.717, 1.165) is 33.5 Å². The lowest BCUT2D eigenvalue weighted by molar-refractivity contribution is -0.133. The smallest absolute Gasteiger partial charge is 0.232 e. The Balaban J connectivity index is 1.43. The largest absolute Gasteiger partial charge is 0.381 e. The van der Waals surface area contributed by atoms with Crippen LogP contribution in [0.1, 0.15) is 30.4 Å². The van der Waals surface area contributed by atoms with Gasteiger partial charge in [0, 0.05) is 43.2 Å². The predicted molar refractivity (Wildman–Crippen MR) is 119 cm³/mol. The second-order valence-electron chi connectivity index (χ2n) is 7.79. The summed E-state index contributed by atoms with van der Waals surface area (Å²) in [4.78, 5) is 23.8. The van der Waals surface area contributed by atoms with Gasteiger partial charge in [-0.05, 0) is 64.8 Å². The zero-order chi connectivity index (χ0) is 20.0. The van der Waals surface area contributed by atoms with E-state index in [1.54, 1.807) is 11.1 Å². The average molecular weight is 503 g/mol. The number of benzene rings is 1. The molecule has 1 aliphatic carbocycles. The van der Waals surface area contributed by atoms with Crippen molar-refractivity contribution in [3.63, 3.8) is 0 Å². The van der Waals surface area contributed by atoms with Crippen LogP contribution in [-0.4, -0.2) is 41.0 Å². The topological polar surface area (TPSA) is 92.8 Å². The van der Waals surface area contributed by atoms with Crippen LogP contribution in [0.5, 0.6) is 0 Å². The Morgan fingerprint density at radius 2 is 2.07 bits per heavy atom. The van der Waals surface area contributed by atoms with E-state index >= 15 is 0 Å². The highest BCUT2D eigenvalue weighted by Crippen LogP contribution is 2.50. The molecule has 0 unspecified atom stereocenters. The number of hydrogen-bond donors (Lipinski definition) is 2. The summed E-state index contributed by atoms with van der Waals surface area (Å²) in [6, 6.07) is 10.2. The second kappa shape index (κ2) is 7.24. The second-order valence-corrected chi connectivity index (χ2v) is 8.89. The number of nitrogens with two attached hydrogens (primary N) is 1. The van der Waals surface area contributed by atoms with Crippen molar-refractivity contribution in [2.24, 2.45) is 10.7 Å². The predicted octanol–water partition coefficient (Wildman–Crippen LogP) is 2.91. The van der Waals surface area contributed by atoms with Crippen molar-refractivity contribution < 1.29 is 9.53 Å². The van der Waals surface area contributed by atoms with E-state index in [0.29, 0.717) is 32.0 Å². The number of anilines is 2. The highest BCUT2D eigenvalue weighted by atomic mass is 127. The third-order valence-electron chi connectivity index (χ3n) is 6.00. The molecule has 29 heavy (non-hydrogen) atoms. The van der Waals surface area contributed by atoms with E-state index < -0.39 is 5.54 Å². The summed E-state index contributed by atoms with van der Waals surface area (Å²) in [6.07, 6.45) is 4.49. The average Bonchev–Trinajstić information content (AvgIpc) is 2.69. The Labute approximate surface area is 182 Å². The molecule has 8 heteroatoms. The third kappa shape index (κ3) is 3.28. The van der Waals surface area contributed by atoms with Crippen LogP contribution in [0.15, 0.2) is 41.5 Å². The van der Waals surface area contributed by atoms with Gasteiger partial charge in [-0.2, -0.15) is 0 Å². The number of nitrogens with zero attached hydrogens (tertiary/aromatic N) is 3. The van der Waals surface area contributed by atoms with Crippen LogP contribution < -0.4 is 11.1 Å². The number of pyridine rings is 1. The summed E-state index contributed by atoms with van der Waals surface area (Å²) in [5.41, 5.74) is 10.1. The summed E-state index contributed by atoms with van der Waals surface area (Å²) >= 11 is 2.20. The Morgan fingerprint density at radius 1 is 1.24 bits per heavy atom. The van der Waals surface area contributed by atoms with Gasteiger partial charge < -0.3 is 15.8 Å². The first-order chi connectivity index (χ1) is 14.1. The van der Waals surface area contributed by atoms with Crippen LogP contribution >= 0.6 is 22.6 Å². The van der Waals surface area contributed by atoms with E-state index in [9.17, 15) is 4.79 Å². The van der Waals surface area contributed by atoms with Crippen LogP contribution in [0.25, 0.3) is 0 Å². The van der Waals surface area contributed by atoms with Gasteiger partial charge in [-0.1, -0.05) is 12.1 Å². The van der Waals surface area contributed by atoms with Gasteiger partial charge >= 0.3 is 0 Å². The van der Waals surface area contributed by atoms with E-state index in [1.165, 1.54) is 5.56 Å². The summed E-state index contributed by atoms with van der Waals surface area (Å²) in [5.74, 6) is 0.415. The first kappa shape index (κ1) is 18.8. The van der Waals surface area contributed by atoms with Crippen LogP contribution in [0.2, 0.25) is 0 Å². The third-order valence-corrected chi connectivity index (χ3v) is 6.59. The quantitative estimate of drug-likeness (QED) is 0.497. The van der Waals surface area contributed by atoms with Crippen molar-refractivity contribution >= 4 is 45.8 Å². The summed E-state index contributed by atoms with van der Waals surface area (Å²) < 4.78 is 6.35. The van der Waals surface area contributed by atoms with Gasteiger partial charge in [0.05, 0.1) is 6.42 Å². The number of aliphatic imine (C=N–C) groups is 1. The molecule has 3 heterocycles. The van der Waals surface area contributed by atoms with Crippen LogP contribution in [0.4, 0.5) is 11.4 Å². The molecule has 1 aromatic heterocycles. The summed E-state index contributed by atoms with van der Waals surface area (Å²) in [5, 5.41) is 3.48. The number of carbonyl (C=O) groups is 1. The maximum atomic E-state index is 13.0. The molecule has 1 saturated heterocycles. The van der Waals surface area contributed by atoms with E-state index in [4.69, 9.17) is 15.5 Å². The number of fused-ring (bicyclic) bond motifs is 2. The molecule has 5 rings (SSSR count). The Hall–Kier alpha value is -2.20. The molecule has 2 aliphatic heterocycles. The van der Waals surface area contributed by atoms with Gasteiger partial charge in [-0.25, -0.2) is 4.99 Å². The summed E-state index contributed by atoms with van der Waals surface area (Å²) in [6.45, 7) is 1.33. The number of guanidine groups is 1. The van der Waals surface area contributed by atoms with Gasteiger partial charge in [0.2, 0.25) is 5.91 Å². The molecular formula is C21H22IN5O2. The van der Waals surface area contributed by atoms with E-state index in [-0.39, 0.29) is 11.9 Å². The van der Waals surface area contributed by atoms with Gasteiger partial charge in [0.25, 0.3) is 0 Å². The molecule has 1 amide bonds. The van der Waals surface area contributed by atoms with E-state index in [1.807, 2.05) is 18.2 Å². The van der Waals surface area contributed by atoms with Crippen molar-refractivity contribution in [2.75, 3.05) is 18.5 Å². The van der Waals surface area contributed by atoms with Crippen molar-refractivity contribution in [3.8, 4) is 0 Å². The zero-order valence-corrected chi connectivity index (χ0v) is 18.1. The molecule has 0 saturated carbocycles. The molecule has 3 N–H and O–H groups in total. The van der Waals surface area contributed by atoms with Crippen LogP contribution in [0, 0.1) is 3.70 Å². The first-order valence-electron chi connectivity index (χ1n) is 9.82. The summed E-state index contributed by atoms with van der Waals surface area (Å²) in [7, 11) is 0. The molecule has 1 spiro atoms. The number of rotatable bonds is 3. The standard InChI is InChI=1S/C21H22IN5O2/c22-18-10-13(4-7-24-18)25-17-3-1-2-16-15(17)11-21(16)12-19(28)27(20(23)26-21)14-5-8-29-9-6-14/h1-4,7,10,14H,5-6,8-9,11-12H2,(H2,23,26)(H,24,25)/t21-/m0/s1. The number of carbonyl (C=O) groups excluding carboxylic acids is 1. The number of amides is 1. The van der Waals surface area contributed by atoms with Gasteiger partial charge in [-0.3, -0.25) is 14.7 Å². The van der Waals surface area contributed by atoms with Gasteiger partial charge in [0.15, 0.2) is 5.96 Å². The van der Waals surface area contributed by atoms with E-state index in [2.05, 4.69) is 45.0 Å². The molecule has 0 radical (unpaired) electrons. The lowest BCUT2D eigenvalue weighted by atomic mass is 9.67. The fraction of sp³-hybridized carbons (Fsp3) is 0.381.